The molecule has 0 bridgehead atoms. The molecule has 1 aromatic heterocycles. The summed E-state index contributed by atoms with van der Waals surface area (Å²) in [4.78, 5) is 15.2. The number of ether oxygens (including phenoxy) is 1. The van der Waals surface area contributed by atoms with Crippen LogP contribution in [-0.2, 0) is 11.3 Å². The van der Waals surface area contributed by atoms with Crippen LogP contribution in [0.1, 0.15) is 62.8 Å². The molecule has 0 aliphatic heterocycles. The summed E-state index contributed by atoms with van der Waals surface area (Å²) >= 11 is 1.59. The Labute approximate surface area is 176 Å². The Morgan fingerprint density at radius 1 is 1.17 bits per heavy atom. The Morgan fingerprint density at radius 3 is 2.59 bits per heavy atom. The van der Waals surface area contributed by atoms with Crippen LogP contribution >= 0.6 is 11.3 Å². The number of carboxylic acids is 1. The maximum atomic E-state index is 10.5. The van der Waals surface area contributed by atoms with Crippen molar-refractivity contribution in [2.24, 2.45) is 5.41 Å². The highest BCUT2D eigenvalue weighted by Crippen LogP contribution is 2.49. The second-order valence-electron chi connectivity index (χ2n) is 8.50. The molecular formula is C23H30N2O3S. The number of hydrogen-bond acceptors (Lipinski definition) is 5. The van der Waals surface area contributed by atoms with Crippen molar-refractivity contribution in [3.05, 3.63) is 34.7 Å². The van der Waals surface area contributed by atoms with Crippen molar-refractivity contribution in [2.75, 3.05) is 6.54 Å². The van der Waals surface area contributed by atoms with Gasteiger partial charge in [-0.25, -0.2) is 4.98 Å². The minimum absolute atomic E-state index is 0.127. The first kappa shape index (κ1) is 20.4. The van der Waals surface area contributed by atoms with Crippen molar-refractivity contribution in [3.63, 3.8) is 0 Å². The molecule has 5 nitrogen and oxygen atoms in total. The van der Waals surface area contributed by atoms with Gasteiger partial charge in [0.2, 0.25) is 0 Å². The molecule has 156 valence electrons. The van der Waals surface area contributed by atoms with Gasteiger partial charge in [0.05, 0.1) is 18.2 Å². The van der Waals surface area contributed by atoms with E-state index >= 15 is 0 Å². The smallest absolute Gasteiger partial charge is 0.304 e. The van der Waals surface area contributed by atoms with Gasteiger partial charge in [-0.15, -0.1) is 11.3 Å². The van der Waals surface area contributed by atoms with Crippen LogP contribution in [0.4, 0.5) is 0 Å². The van der Waals surface area contributed by atoms with E-state index in [-0.39, 0.29) is 6.42 Å². The summed E-state index contributed by atoms with van der Waals surface area (Å²) in [6.45, 7) is 1.06. The number of benzene rings is 1. The minimum atomic E-state index is -0.786. The van der Waals surface area contributed by atoms with Crippen molar-refractivity contribution >= 4 is 17.3 Å². The van der Waals surface area contributed by atoms with E-state index < -0.39 is 5.97 Å². The van der Waals surface area contributed by atoms with Crippen molar-refractivity contribution in [1.82, 2.24) is 10.3 Å². The van der Waals surface area contributed by atoms with Gasteiger partial charge >= 0.3 is 5.97 Å². The largest absolute Gasteiger partial charge is 0.490 e. The molecule has 2 aliphatic carbocycles. The van der Waals surface area contributed by atoms with Crippen LogP contribution in [-0.4, -0.2) is 28.7 Å². The maximum Gasteiger partial charge on any atom is 0.304 e. The monoisotopic (exact) mass is 414 g/mol. The second kappa shape index (κ2) is 9.26. The predicted octanol–water partition coefficient (Wildman–Crippen LogP) is 5.26. The van der Waals surface area contributed by atoms with Gasteiger partial charge in [-0.3, -0.25) is 4.79 Å². The minimum Gasteiger partial charge on any atom is -0.490 e. The molecule has 0 amide bonds. The molecular weight excluding hydrogens is 384 g/mol. The van der Waals surface area contributed by atoms with Gasteiger partial charge in [0.25, 0.3) is 0 Å². The Hall–Kier alpha value is -1.92. The van der Waals surface area contributed by atoms with Gasteiger partial charge in [-0.2, -0.15) is 0 Å². The van der Waals surface area contributed by atoms with Gasteiger partial charge in [0.1, 0.15) is 10.8 Å². The first-order valence-electron chi connectivity index (χ1n) is 10.8. The van der Waals surface area contributed by atoms with Gasteiger partial charge in [0, 0.05) is 24.0 Å². The summed E-state index contributed by atoms with van der Waals surface area (Å²) in [6, 6.07) is 8.26. The lowest BCUT2D eigenvalue weighted by molar-refractivity contribution is -0.136. The highest BCUT2D eigenvalue weighted by atomic mass is 32.1. The maximum absolute atomic E-state index is 10.5. The lowest BCUT2D eigenvalue weighted by Gasteiger charge is -2.37. The van der Waals surface area contributed by atoms with Crippen LogP contribution in [0.25, 0.3) is 11.3 Å². The molecule has 0 radical (unpaired) electrons. The zero-order valence-electron chi connectivity index (χ0n) is 16.9. The highest BCUT2D eigenvalue weighted by molar-refractivity contribution is 7.09. The molecule has 1 spiro atoms. The van der Waals surface area contributed by atoms with Gasteiger partial charge < -0.3 is 15.2 Å². The molecule has 2 aromatic rings. The SMILES string of the molecule is O=C(O)CCNCc1nc(-c2ccc(OC3CCC4(CCCC4)CC3)cc2)cs1. The lowest BCUT2D eigenvalue weighted by atomic mass is 9.72. The molecule has 0 unspecified atom stereocenters. The summed E-state index contributed by atoms with van der Waals surface area (Å²) in [6.07, 6.45) is 11.2. The first-order chi connectivity index (χ1) is 14.1. The van der Waals surface area contributed by atoms with Crippen LogP contribution in [0.15, 0.2) is 29.6 Å². The molecule has 6 heteroatoms. The Bertz CT molecular complexity index is 802. The summed E-state index contributed by atoms with van der Waals surface area (Å²) in [5.41, 5.74) is 2.69. The van der Waals surface area contributed by atoms with Gasteiger partial charge in [-0.1, -0.05) is 12.8 Å². The highest BCUT2D eigenvalue weighted by Gasteiger charge is 2.38. The van der Waals surface area contributed by atoms with E-state index in [1.807, 2.05) is 5.38 Å². The number of aromatic nitrogens is 1. The average molecular weight is 415 g/mol. The number of hydrogen-bond donors (Lipinski definition) is 2. The molecule has 2 aliphatic rings. The summed E-state index contributed by atoms with van der Waals surface area (Å²) in [7, 11) is 0. The molecule has 2 saturated carbocycles. The zero-order valence-corrected chi connectivity index (χ0v) is 17.7. The van der Waals surface area contributed by atoms with E-state index in [0.29, 0.717) is 24.6 Å². The normalized spacial score (nSPS) is 18.9. The molecule has 1 heterocycles. The number of nitrogens with one attached hydrogen (secondary N) is 1. The number of carboxylic acid groups (broad SMARTS) is 1. The molecule has 2 N–H and O–H groups in total. The van der Waals surface area contributed by atoms with Crippen LogP contribution < -0.4 is 10.1 Å². The molecule has 0 atom stereocenters. The average Bonchev–Trinajstić information content (AvgIpc) is 3.38. The summed E-state index contributed by atoms with van der Waals surface area (Å²) in [5.74, 6) is 0.165. The van der Waals surface area contributed by atoms with E-state index in [1.54, 1.807) is 11.3 Å². The molecule has 0 saturated heterocycles. The van der Waals surface area contributed by atoms with Crippen LogP contribution in [0, 0.1) is 5.41 Å². The third-order valence-corrected chi connectivity index (χ3v) is 7.30. The van der Waals surface area contributed by atoms with Crippen LogP contribution in [0.3, 0.4) is 0 Å². The standard InChI is InChI=1S/C23H30N2O3S/c26-22(27)9-14-24-15-21-25-20(16-29-21)17-3-5-18(6-4-17)28-19-7-12-23(13-8-19)10-1-2-11-23/h3-6,16,19,24H,1-2,7-15H2,(H,26,27). The quantitative estimate of drug-likeness (QED) is 0.577. The fourth-order valence-corrected chi connectivity index (χ4v) is 5.53. The van der Waals surface area contributed by atoms with E-state index in [4.69, 9.17) is 9.84 Å². The van der Waals surface area contributed by atoms with Gasteiger partial charge in [0.15, 0.2) is 0 Å². The van der Waals surface area contributed by atoms with Crippen molar-refractivity contribution in [3.8, 4) is 17.0 Å². The number of thiazole rings is 1. The fourth-order valence-electron chi connectivity index (χ4n) is 4.76. The topological polar surface area (TPSA) is 71.5 Å². The van der Waals surface area contributed by atoms with Gasteiger partial charge in [-0.05, 0) is 68.2 Å². The third kappa shape index (κ3) is 5.37. The predicted molar refractivity (Wildman–Crippen MR) is 115 cm³/mol. The van der Waals surface area contributed by atoms with E-state index in [2.05, 4.69) is 34.6 Å². The number of nitrogens with zero attached hydrogens (tertiary/aromatic N) is 1. The van der Waals surface area contributed by atoms with Crippen molar-refractivity contribution in [2.45, 2.75) is 70.4 Å². The Morgan fingerprint density at radius 2 is 1.90 bits per heavy atom. The number of rotatable bonds is 8. The van der Waals surface area contributed by atoms with Crippen molar-refractivity contribution in [1.29, 1.82) is 0 Å². The molecule has 2 fully saturated rings. The number of carbonyl (C=O) groups is 1. The lowest BCUT2D eigenvalue weighted by Crippen LogP contribution is -2.30. The molecule has 4 rings (SSSR count). The van der Waals surface area contributed by atoms with E-state index in [9.17, 15) is 4.79 Å². The van der Waals surface area contributed by atoms with Crippen molar-refractivity contribution < 1.29 is 14.6 Å². The van der Waals surface area contributed by atoms with Crippen LogP contribution in [0.5, 0.6) is 5.75 Å². The third-order valence-electron chi connectivity index (χ3n) is 6.45. The zero-order chi connectivity index (χ0) is 20.1. The Kier molecular flexibility index (Phi) is 6.50. The fraction of sp³-hybridized carbons (Fsp3) is 0.565. The Balaban J connectivity index is 1.26. The number of aliphatic carboxylic acids is 1. The molecule has 1 aromatic carbocycles. The van der Waals surface area contributed by atoms with E-state index in [0.717, 1.165) is 22.0 Å². The first-order valence-corrected chi connectivity index (χ1v) is 11.6. The second-order valence-corrected chi connectivity index (χ2v) is 9.44. The summed E-state index contributed by atoms with van der Waals surface area (Å²) < 4.78 is 6.26. The van der Waals surface area contributed by atoms with Crippen LogP contribution in [0.2, 0.25) is 0 Å². The molecule has 29 heavy (non-hydrogen) atoms. The summed E-state index contributed by atoms with van der Waals surface area (Å²) in [5, 5.41) is 14.8. The van der Waals surface area contributed by atoms with E-state index in [1.165, 1.54) is 51.4 Å².